The van der Waals surface area contributed by atoms with Gasteiger partial charge in [0.25, 0.3) is 0 Å². The first-order valence-electron chi connectivity index (χ1n) is 7.89. The smallest absolute Gasteiger partial charge is 0.0502 e. The summed E-state index contributed by atoms with van der Waals surface area (Å²) in [5, 5.41) is 3.74. The molecule has 0 bridgehead atoms. The van der Waals surface area contributed by atoms with E-state index < -0.39 is 0 Å². The molecular weight excluding hydrogens is 246 g/mol. The molecule has 0 amide bonds. The van der Waals surface area contributed by atoms with Gasteiger partial charge in [-0.1, -0.05) is 45.0 Å². The summed E-state index contributed by atoms with van der Waals surface area (Å²) in [6.07, 6.45) is 3.52. The van der Waals surface area contributed by atoms with Gasteiger partial charge in [0.2, 0.25) is 0 Å². The summed E-state index contributed by atoms with van der Waals surface area (Å²) in [6, 6.07) is 9.62. The lowest BCUT2D eigenvalue weighted by Gasteiger charge is -2.21. The lowest BCUT2D eigenvalue weighted by atomic mass is 9.95. The predicted molar refractivity (Wildman–Crippen MR) is 84.9 cm³/mol. The van der Waals surface area contributed by atoms with Crippen LogP contribution < -0.4 is 5.32 Å². The lowest BCUT2D eigenvalue weighted by Crippen LogP contribution is -2.25. The second-order valence-corrected chi connectivity index (χ2v) is 6.72. The third-order valence-electron chi connectivity index (χ3n) is 4.54. The van der Waals surface area contributed by atoms with E-state index in [1.54, 1.807) is 7.11 Å². The van der Waals surface area contributed by atoms with Gasteiger partial charge in [-0.25, -0.2) is 0 Å². The number of ether oxygens (including phenoxy) is 1. The van der Waals surface area contributed by atoms with Gasteiger partial charge in [0.05, 0.1) is 6.61 Å². The van der Waals surface area contributed by atoms with Crippen molar-refractivity contribution in [3.8, 4) is 0 Å². The molecule has 0 aromatic heterocycles. The minimum atomic E-state index is 0.500. The Morgan fingerprint density at radius 2 is 1.95 bits per heavy atom. The summed E-state index contributed by atoms with van der Waals surface area (Å²) in [7, 11) is 1.76. The van der Waals surface area contributed by atoms with E-state index in [4.69, 9.17) is 4.74 Å². The maximum absolute atomic E-state index is 5.14. The fourth-order valence-corrected chi connectivity index (χ4v) is 2.98. The molecule has 2 rings (SSSR count). The summed E-state index contributed by atoms with van der Waals surface area (Å²) in [5.74, 6) is 0.777. The molecule has 1 aliphatic rings. The van der Waals surface area contributed by atoms with Crippen LogP contribution in [0.4, 0.5) is 0 Å². The summed E-state index contributed by atoms with van der Waals surface area (Å²) < 4.78 is 5.14. The van der Waals surface area contributed by atoms with Crippen molar-refractivity contribution in [2.75, 3.05) is 20.3 Å². The van der Waals surface area contributed by atoms with Crippen molar-refractivity contribution in [2.24, 2.45) is 11.3 Å². The van der Waals surface area contributed by atoms with Gasteiger partial charge in [-0.2, -0.15) is 0 Å². The summed E-state index contributed by atoms with van der Waals surface area (Å²) >= 11 is 0. The third kappa shape index (κ3) is 3.83. The highest BCUT2D eigenvalue weighted by atomic mass is 16.5. The second kappa shape index (κ2) is 6.73. The molecular formula is C18H29NO. The van der Waals surface area contributed by atoms with Gasteiger partial charge in [0, 0.05) is 13.2 Å². The van der Waals surface area contributed by atoms with Gasteiger partial charge in [0.1, 0.15) is 0 Å². The Balaban J connectivity index is 2.04. The zero-order chi connectivity index (χ0) is 14.6. The Bertz CT molecular complexity index is 410. The van der Waals surface area contributed by atoms with Gasteiger partial charge in [-0.05, 0) is 48.3 Å². The molecule has 2 unspecified atom stereocenters. The first-order chi connectivity index (χ1) is 9.58. The highest BCUT2D eigenvalue weighted by Gasteiger charge is 2.50. The second-order valence-electron chi connectivity index (χ2n) is 6.72. The van der Waals surface area contributed by atoms with Crippen molar-refractivity contribution in [3.05, 3.63) is 35.4 Å². The Kier molecular flexibility index (Phi) is 5.22. The lowest BCUT2D eigenvalue weighted by molar-refractivity contribution is 0.202. The van der Waals surface area contributed by atoms with Crippen LogP contribution >= 0.6 is 0 Å². The van der Waals surface area contributed by atoms with E-state index in [1.165, 1.54) is 24.0 Å². The molecule has 0 spiro atoms. The zero-order valence-corrected chi connectivity index (χ0v) is 13.4. The largest absolute Gasteiger partial charge is 0.384 e. The van der Waals surface area contributed by atoms with Crippen LogP contribution in [0.2, 0.25) is 0 Å². The van der Waals surface area contributed by atoms with Crippen LogP contribution in [-0.4, -0.2) is 20.3 Å². The van der Waals surface area contributed by atoms with Crippen molar-refractivity contribution < 1.29 is 4.74 Å². The van der Waals surface area contributed by atoms with Crippen LogP contribution in [-0.2, 0) is 11.2 Å². The Morgan fingerprint density at radius 1 is 1.30 bits per heavy atom. The molecule has 0 aliphatic heterocycles. The fraction of sp³-hybridized carbons (Fsp3) is 0.667. The van der Waals surface area contributed by atoms with Gasteiger partial charge in [-0.3, -0.25) is 0 Å². The molecule has 0 radical (unpaired) electrons. The number of nitrogens with one attached hydrogen (secondary N) is 1. The third-order valence-corrected chi connectivity index (χ3v) is 4.54. The molecule has 20 heavy (non-hydrogen) atoms. The average Bonchev–Trinajstić information content (AvgIpc) is 3.07. The quantitative estimate of drug-likeness (QED) is 0.775. The zero-order valence-electron chi connectivity index (χ0n) is 13.4. The molecule has 1 aromatic rings. The fourth-order valence-electron chi connectivity index (χ4n) is 2.98. The van der Waals surface area contributed by atoms with Gasteiger partial charge >= 0.3 is 0 Å². The van der Waals surface area contributed by atoms with Crippen LogP contribution in [0.3, 0.4) is 0 Å². The standard InChI is InChI=1S/C18H29NO/c1-5-11-19-17(16-13-18(16,2)3)15-8-6-14(7-9-15)10-12-20-4/h6-9,16-17,19H,5,10-13H2,1-4H3. The average molecular weight is 275 g/mol. The molecule has 1 saturated carbocycles. The number of hydrogen-bond donors (Lipinski definition) is 1. The van der Waals surface area contributed by atoms with E-state index in [1.807, 2.05) is 0 Å². The van der Waals surface area contributed by atoms with E-state index in [-0.39, 0.29) is 0 Å². The Labute approximate surface area is 123 Å². The van der Waals surface area contributed by atoms with Crippen molar-refractivity contribution >= 4 is 0 Å². The Hall–Kier alpha value is -0.860. The van der Waals surface area contributed by atoms with Crippen LogP contribution in [0.1, 0.15) is 50.8 Å². The monoisotopic (exact) mass is 275 g/mol. The van der Waals surface area contributed by atoms with E-state index in [2.05, 4.69) is 50.4 Å². The van der Waals surface area contributed by atoms with Crippen LogP contribution in [0.25, 0.3) is 0 Å². The van der Waals surface area contributed by atoms with Gasteiger partial charge < -0.3 is 10.1 Å². The highest BCUT2D eigenvalue weighted by Crippen LogP contribution is 2.57. The van der Waals surface area contributed by atoms with Gasteiger partial charge in [0.15, 0.2) is 0 Å². The minimum absolute atomic E-state index is 0.500. The molecule has 1 N–H and O–H groups in total. The molecule has 0 saturated heterocycles. The van der Waals surface area contributed by atoms with Crippen LogP contribution in [0.5, 0.6) is 0 Å². The number of methoxy groups -OCH3 is 1. The maximum Gasteiger partial charge on any atom is 0.0502 e. The normalized spacial score (nSPS) is 21.7. The highest BCUT2D eigenvalue weighted by molar-refractivity contribution is 5.27. The van der Waals surface area contributed by atoms with E-state index in [9.17, 15) is 0 Å². The molecule has 1 aliphatic carbocycles. The summed E-state index contributed by atoms with van der Waals surface area (Å²) in [6.45, 7) is 8.89. The summed E-state index contributed by atoms with van der Waals surface area (Å²) in [4.78, 5) is 0. The molecule has 2 nitrogen and oxygen atoms in total. The molecule has 2 heteroatoms. The van der Waals surface area contributed by atoms with Crippen molar-refractivity contribution in [3.63, 3.8) is 0 Å². The first kappa shape index (κ1) is 15.5. The molecule has 2 atom stereocenters. The molecule has 0 heterocycles. The topological polar surface area (TPSA) is 21.3 Å². The van der Waals surface area contributed by atoms with Crippen molar-refractivity contribution in [1.82, 2.24) is 5.32 Å². The Morgan fingerprint density at radius 3 is 2.45 bits per heavy atom. The molecule has 1 fully saturated rings. The SMILES string of the molecule is CCCNC(c1ccc(CCOC)cc1)C1CC1(C)C. The van der Waals surface area contributed by atoms with Crippen LogP contribution in [0, 0.1) is 11.3 Å². The molecule has 1 aromatic carbocycles. The van der Waals surface area contributed by atoms with Gasteiger partial charge in [-0.15, -0.1) is 0 Å². The predicted octanol–water partition coefficient (Wildman–Crippen LogP) is 3.96. The van der Waals surface area contributed by atoms with Crippen molar-refractivity contribution in [2.45, 2.75) is 46.1 Å². The number of benzene rings is 1. The van der Waals surface area contributed by atoms with E-state index in [0.29, 0.717) is 11.5 Å². The number of hydrogen-bond acceptors (Lipinski definition) is 2. The van der Waals surface area contributed by atoms with Crippen LogP contribution in [0.15, 0.2) is 24.3 Å². The summed E-state index contributed by atoms with van der Waals surface area (Å²) in [5.41, 5.74) is 3.30. The molecule has 112 valence electrons. The van der Waals surface area contributed by atoms with Crippen molar-refractivity contribution in [1.29, 1.82) is 0 Å². The minimum Gasteiger partial charge on any atom is -0.384 e. The maximum atomic E-state index is 5.14. The van der Waals surface area contributed by atoms with E-state index >= 15 is 0 Å². The van der Waals surface area contributed by atoms with E-state index in [0.717, 1.165) is 25.5 Å². The first-order valence-corrected chi connectivity index (χ1v) is 7.89. The number of rotatable bonds is 8.